The van der Waals surface area contributed by atoms with Crippen LogP contribution in [-0.2, 0) is 0 Å². The van der Waals surface area contributed by atoms with E-state index in [-0.39, 0.29) is 6.01 Å². The van der Waals surface area contributed by atoms with Gasteiger partial charge < -0.3 is 9.64 Å². The Morgan fingerprint density at radius 3 is 2.58 bits per heavy atom. The maximum Gasteiger partial charge on any atom is 0.316 e. The van der Waals surface area contributed by atoms with Crippen LogP contribution in [0.25, 0.3) is 10.9 Å². The van der Waals surface area contributed by atoms with Crippen molar-refractivity contribution in [3.05, 3.63) is 23.9 Å². The molecule has 2 unspecified atom stereocenters. The molecule has 0 bridgehead atoms. The molecule has 0 spiro atoms. The molecule has 0 saturated carbocycles. The molecule has 128 valence electrons. The van der Waals surface area contributed by atoms with Gasteiger partial charge in [0.2, 0.25) is 0 Å². The molecule has 6 nitrogen and oxygen atoms in total. The fourth-order valence-electron chi connectivity index (χ4n) is 3.76. The van der Waals surface area contributed by atoms with Gasteiger partial charge in [-0.15, -0.1) is 0 Å². The van der Waals surface area contributed by atoms with E-state index in [4.69, 9.17) is 4.74 Å². The molecule has 0 amide bonds. The van der Waals surface area contributed by atoms with Crippen molar-refractivity contribution in [2.75, 3.05) is 31.6 Å². The largest absolute Gasteiger partial charge is 0.467 e. The summed E-state index contributed by atoms with van der Waals surface area (Å²) in [6.07, 6.45) is 2.59. The third kappa shape index (κ3) is 2.82. The van der Waals surface area contributed by atoms with Crippen LogP contribution in [0.2, 0.25) is 0 Å². The number of hydrogen-bond donors (Lipinski definition) is 0. The third-order valence-electron chi connectivity index (χ3n) is 4.85. The van der Waals surface area contributed by atoms with Crippen LogP contribution in [0.1, 0.15) is 31.1 Å². The summed E-state index contributed by atoms with van der Waals surface area (Å²) >= 11 is 0. The normalized spacial score (nSPS) is 21.9. The maximum atomic E-state index is 11.4. The van der Waals surface area contributed by atoms with Gasteiger partial charge in [-0.1, -0.05) is 6.92 Å². The van der Waals surface area contributed by atoms with Crippen LogP contribution in [0.4, 0.5) is 5.69 Å². The van der Waals surface area contributed by atoms with Gasteiger partial charge in [0, 0.05) is 48.0 Å². The number of aldehydes is 1. The van der Waals surface area contributed by atoms with Gasteiger partial charge in [-0.2, -0.15) is 4.98 Å². The van der Waals surface area contributed by atoms with Gasteiger partial charge >= 0.3 is 6.01 Å². The third-order valence-corrected chi connectivity index (χ3v) is 4.85. The lowest BCUT2D eigenvalue weighted by Gasteiger charge is -2.45. The number of benzene rings is 1. The molecule has 6 heteroatoms. The van der Waals surface area contributed by atoms with Gasteiger partial charge in [-0.25, -0.2) is 4.98 Å². The molecule has 2 aromatic rings. The van der Waals surface area contributed by atoms with E-state index in [1.54, 1.807) is 6.20 Å². The second-order valence-corrected chi connectivity index (χ2v) is 6.34. The number of nitrogens with zero attached hydrogens (tertiary/aromatic N) is 4. The number of fused-ring (bicyclic) bond motifs is 1. The highest BCUT2D eigenvalue weighted by atomic mass is 16.5. The highest BCUT2D eigenvalue weighted by Crippen LogP contribution is 2.31. The van der Waals surface area contributed by atoms with Crippen molar-refractivity contribution >= 4 is 22.9 Å². The zero-order valence-electron chi connectivity index (χ0n) is 14.7. The van der Waals surface area contributed by atoms with E-state index in [9.17, 15) is 4.79 Å². The number of likely N-dealkylation sites (N-methyl/N-ethyl adjacent to an activating group) is 1. The second kappa shape index (κ2) is 6.73. The predicted octanol–water partition coefficient (Wildman–Crippen LogP) is 2.37. The quantitative estimate of drug-likeness (QED) is 0.803. The van der Waals surface area contributed by atoms with Gasteiger partial charge in [-0.05, 0) is 32.5 Å². The number of aromatic nitrogens is 2. The minimum absolute atomic E-state index is 0.278. The Hall–Kier alpha value is -2.21. The summed E-state index contributed by atoms with van der Waals surface area (Å²) in [6, 6.07) is 5.06. The first-order valence-corrected chi connectivity index (χ1v) is 8.38. The summed E-state index contributed by atoms with van der Waals surface area (Å²) in [5.74, 6) is 0. The lowest BCUT2D eigenvalue weighted by Crippen LogP contribution is -2.56. The Balaban J connectivity index is 2.05. The number of methoxy groups -OCH3 is 1. The van der Waals surface area contributed by atoms with Crippen molar-refractivity contribution in [2.24, 2.45) is 0 Å². The summed E-state index contributed by atoms with van der Waals surface area (Å²) in [4.78, 5) is 24.9. The number of carbonyl (C=O) groups excluding carboxylic acids is 1. The molecule has 1 aromatic carbocycles. The zero-order valence-corrected chi connectivity index (χ0v) is 14.7. The van der Waals surface area contributed by atoms with Gasteiger partial charge in [0.1, 0.15) is 0 Å². The number of rotatable bonds is 4. The van der Waals surface area contributed by atoms with Crippen LogP contribution in [0.5, 0.6) is 6.01 Å². The molecule has 3 rings (SSSR count). The molecule has 0 aliphatic carbocycles. The van der Waals surface area contributed by atoms with Crippen molar-refractivity contribution in [1.82, 2.24) is 14.9 Å². The fraction of sp³-hybridized carbons (Fsp3) is 0.500. The number of ether oxygens (including phenoxy) is 1. The van der Waals surface area contributed by atoms with Crippen molar-refractivity contribution in [3.8, 4) is 6.01 Å². The first-order chi connectivity index (χ1) is 11.6. The Bertz CT molecular complexity index is 737. The topological polar surface area (TPSA) is 58.6 Å². The summed E-state index contributed by atoms with van der Waals surface area (Å²) < 4.78 is 5.11. The van der Waals surface area contributed by atoms with Crippen LogP contribution in [0.3, 0.4) is 0 Å². The molecule has 0 N–H and O–H groups in total. The molecule has 2 atom stereocenters. The Kier molecular flexibility index (Phi) is 4.66. The molecule has 2 heterocycles. The van der Waals surface area contributed by atoms with E-state index in [1.807, 2.05) is 12.1 Å². The lowest BCUT2D eigenvalue weighted by molar-refractivity contribution is 0.112. The van der Waals surface area contributed by atoms with Crippen molar-refractivity contribution in [2.45, 2.75) is 32.9 Å². The first-order valence-electron chi connectivity index (χ1n) is 8.38. The standard InChI is InChI=1S/C18H24N4O2/c1-5-22-12(2)9-21(10-13(22)3)16-7-6-14(11-23)17-15(16)8-19-18(20-17)24-4/h6-8,11-13H,5,9-10H2,1-4H3. The van der Waals surface area contributed by atoms with Gasteiger partial charge in [0.25, 0.3) is 0 Å². The minimum atomic E-state index is 0.278. The number of hydrogen-bond acceptors (Lipinski definition) is 6. The lowest BCUT2D eigenvalue weighted by atomic mass is 10.0. The molecule has 1 aliphatic rings. The molecule has 0 radical (unpaired) electrons. The monoisotopic (exact) mass is 328 g/mol. The van der Waals surface area contributed by atoms with Gasteiger partial charge in [-0.3, -0.25) is 9.69 Å². The van der Waals surface area contributed by atoms with Gasteiger partial charge in [0.05, 0.1) is 12.6 Å². The molecular formula is C18H24N4O2. The van der Waals surface area contributed by atoms with E-state index >= 15 is 0 Å². The van der Waals surface area contributed by atoms with Gasteiger partial charge in [0.15, 0.2) is 6.29 Å². The smallest absolute Gasteiger partial charge is 0.316 e. The molecule has 1 saturated heterocycles. The molecule has 1 aliphatic heterocycles. The van der Waals surface area contributed by atoms with Crippen molar-refractivity contribution in [3.63, 3.8) is 0 Å². The summed E-state index contributed by atoms with van der Waals surface area (Å²) in [6.45, 7) is 9.67. The highest BCUT2D eigenvalue weighted by molar-refractivity contribution is 6.01. The number of carbonyl (C=O) groups is 1. The summed E-state index contributed by atoms with van der Waals surface area (Å²) in [5, 5.41) is 0.893. The van der Waals surface area contributed by atoms with Crippen molar-refractivity contribution < 1.29 is 9.53 Å². The maximum absolute atomic E-state index is 11.4. The average molecular weight is 328 g/mol. The van der Waals surface area contributed by atoms with Crippen LogP contribution in [-0.4, -0.2) is 60.0 Å². The fourth-order valence-corrected chi connectivity index (χ4v) is 3.76. The van der Waals surface area contributed by atoms with E-state index < -0.39 is 0 Å². The van der Waals surface area contributed by atoms with Crippen molar-refractivity contribution in [1.29, 1.82) is 0 Å². The van der Waals surface area contributed by atoms with E-state index in [1.165, 1.54) is 7.11 Å². The predicted molar refractivity (Wildman–Crippen MR) is 95.0 cm³/mol. The average Bonchev–Trinajstić information content (AvgIpc) is 2.59. The second-order valence-electron chi connectivity index (χ2n) is 6.34. The number of piperazine rings is 1. The van der Waals surface area contributed by atoms with Crippen LogP contribution in [0.15, 0.2) is 18.3 Å². The van der Waals surface area contributed by atoms with E-state index in [2.05, 4.69) is 40.5 Å². The van der Waals surface area contributed by atoms with Crippen LogP contribution in [0, 0.1) is 0 Å². The summed E-state index contributed by atoms with van der Waals surface area (Å²) in [5.41, 5.74) is 2.28. The molecule has 24 heavy (non-hydrogen) atoms. The van der Waals surface area contributed by atoms with Crippen LogP contribution < -0.4 is 9.64 Å². The molecule has 1 fully saturated rings. The van der Waals surface area contributed by atoms with E-state index in [0.717, 1.165) is 37.0 Å². The Morgan fingerprint density at radius 1 is 1.29 bits per heavy atom. The van der Waals surface area contributed by atoms with Crippen LogP contribution >= 0.6 is 0 Å². The summed E-state index contributed by atoms with van der Waals surface area (Å²) in [7, 11) is 1.53. The first kappa shape index (κ1) is 16.6. The molecule has 1 aromatic heterocycles. The SMILES string of the molecule is CCN1C(C)CN(c2ccc(C=O)c3nc(OC)ncc23)CC1C. The van der Waals surface area contributed by atoms with E-state index in [0.29, 0.717) is 23.2 Å². The molecular weight excluding hydrogens is 304 g/mol. The highest BCUT2D eigenvalue weighted by Gasteiger charge is 2.29. The Morgan fingerprint density at radius 2 is 2.00 bits per heavy atom. The number of anilines is 1. The Labute approximate surface area is 142 Å². The minimum Gasteiger partial charge on any atom is -0.467 e. The zero-order chi connectivity index (χ0) is 17.3.